The van der Waals surface area contributed by atoms with Crippen molar-refractivity contribution >= 4 is 11.8 Å². The predicted octanol–water partition coefficient (Wildman–Crippen LogP) is 1.59. The summed E-state index contributed by atoms with van der Waals surface area (Å²) in [7, 11) is 1.82. The number of aromatic nitrogens is 4. The Labute approximate surface area is 110 Å². The Morgan fingerprint density at radius 2 is 2.22 bits per heavy atom. The van der Waals surface area contributed by atoms with E-state index >= 15 is 0 Å². The van der Waals surface area contributed by atoms with E-state index in [2.05, 4.69) is 27.8 Å². The van der Waals surface area contributed by atoms with Gasteiger partial charge in [0.2, 0.25) is 5.16 Å². The minimum Gasteiger partial charge on any atom is -0.464 e. The molecule has 0 atom stereocenters. The molecular formula is C11H17N5OS. The molecule has 1 N–H and O–H groups in total. The zero-order valence-electron chi connectivity index (χ0n) is 10.6. The van der Waals surface area contributed by atoms with Gasteiger partial charge in [-0.3, -0.25) is 0 Å². The van der Waals surface area contributed by atoms with Crippen LogP contribution in [0.25, 0.3) is 0 Å². The van der Waals surface area contributed by atoms with Crippen molar-refractivity contribution in [1.29, 1.82) is 0 Å². The van der Waals surface area contributed by atoms with Crippen LogP contribution in [0.5, 0.6) is 0 Å². The highest BCUT2D eigenvalue weighted by Crippen LogP contribution is 2.20. The predicted molar refractivity (Wildman–Crippen MR) is 69.1 cm³/mol. The number of nitrogens with zero attached hydrogens (tertiary/aromatic N) is 4. The molecule has 0 unspecified atom stereocenters. The van der Waals surface area contributed by atoms with E-state index in [1.807, 2.05) is 19.2 Å². The molecule has 2 heterocycles. The van der Waals surface area contributed by atoms with Gasteiger partial charge in [0.15, 0.2) is 0 Å². The highest BCUT2D eigenvalue weighted by Gasteiger charge is 2.06. The molecule has 0 aliphatic heterocycles. The highest BCUT2D eigenvalue weighted by atomic mass is 32.2. The first-order valence-electron chi connectivity index (χ1n) is 5.93. The first-order valence-corrected chi connectivity index (χ1v) is 6.91. The van der Waals surface area contributed by atoms with Crippen LogP contribution in [-0.2, 0) is 19.3 Å². The van der Waals surface area contributed by atoms with E-state index in [1.165, 1.54) is 0 Å². The number of thioether (sulfide) groups is 1. The van der Waals surface area contributed by atoms with E-state index in [4.69, 9.17) is 4.42 Å². The number of hydrogen-bond acceptors (Lipinski definition) is 6. The van der Waals surface area contributed by atoms with Crippen LogP contribution in [0.2, 0.25) is 0 Å². The van der Waals surface area contributed by atoms with Gasteiger partial charge in [-0.2, -0.15) is 0 Å². The fourth-order valence-corrected chi connectivity index (χ4v) is 2.21. The Balaban J connectivity index is 1.81. The molecule has 0 saturated heterocycles. The lowest BCUT2D eigenvalue weighted by molar-refractivity contribution is 0.459. The van der Waals surface area contributed by atoms with E-state index in [-0.39, 0.29) is 0 Å². The second-order valence-corrected chi connectivity index (χ2v) is 4.86. The van der Waals surface area contributed by atoms with Crippen molar-refractivity contribution in [2.75, 3.05) is 6.54 Å². The molecule has 0 bridgehead atoms. The van der Waals surface area contributed by atoms with Gasteiger partial charge in [-0.1, -0.05) is 18.7 Å². The number of tetrazole rings is 1. The number of rotatable bonds is 7. The van der Waals surface area contributed by atoms with E-state index in [0.29, 0.717) is 0 Å². The van der Waals surface area contributed by atoms with E-state index in [0.717, 1.165) is 41.9 Å². The van der Waals surface area contributed by atoms with Gasteiger partial charge in [-0.05, 0) is 35.5 Å². The molecule has 0 saturated carbocycles. The fourth-order valence-electron chi connectivity index (χ4n) is 1.46. The van der Waals surface area contributed by atoms with Crippen molar-refractivity contribution in [1.82, 2.24) is 25.5 Å². The molecule has 0 aliphatic rings. The molecule has 0 radical (unpaired) electrons. The molecule has 2 aromatic heterocycles. The molecule has 0 aliphatic carbocycles. The van der Waals surface area contributed by atoms with Crippen molar-refractivity contribution in [3.8, 4) is 0 Å². The first kappa shape index (κ1) is 13.1. The summed E-state index contributed by atoms with van der Waals surface area (Å²) in [6.45, 7) is 3.94. The summed E-state index contributed by atoms with van der Waals surface area (Å²) in [6, 6.07) is 4.01. The van der Waals surface area contributed by atoms with Crippen LogP contribution in [0.3, 0.4) is 0 Å². The third kappa shape index (κ3) is 3.58. The van der Waals surface area contributed by atoms with Crippen LogP contribution in [0.4, 0.5) is 0 Å². The summed E-state index contributed by atoms with van der Waals surface area (Å²) in [4.78, 5) is 0. The second-order valence-electron chi connectivity index (χ2n) is 3.92. The lowest BCUT2D eigenvalue weighted by Gasteiger charge is -1.99. The van der Waals surface area contributed by atoms with Gasteiger partial charge in [0, 0.05) is 7.05 Å². The lowest BCUT2D eigenvalue weighted by atomic mass is 10.4. The van der Waals surface area contributed by atoms with Crippen LogP contribution in [-0.4, -0.2) is 26.8 Å². The van der Waals surface area contributed by atoms with Gasteiger partial charge in [-0.25, -0.2) is 4.68 Å². The second kappa shape index (κ2) is 6.55. The van der Waals surface area contributed by atoms with Crippen molar-refractivity contribution in [3.63, 3.8) is 0 Å². The number of hydrogen-bond donors (Lipinski definition) is 1. The number of furan rings is 1. The summed E-state index contributed by atoms with van der Waals surface area (Å²) in [5.74, 6) is 2.65. The Hall–Kier alpha value is -1.34. The van der Waals surface area contributed by atoms with Crippen LogP contribution in [0.1, 0.15) is 24.9 Å². The Morgan fingerprint density at radius 1 is 1.39 bits per heavy atom. The monoisotopic (exact) mass is 267 g/mol. The standard InChI is InChI=1S/C11H17N5OS/c1-3-6-12-7-9-4-5-10(17-9)8-18-11-13-14-15-16(11)2/h4-5,12H,3,6-8H2,1-2H3. The van der Waals surface area contributed by atoms with E-state index in [1.54, 1.807) is 16.4 Å². The summed E-state index contributed by atoms with van der Waals surface area (Å²) in [6.07, 6.45) is 1.13. The minimum atomic E-state index is 0.738. The maximum atomic E-state index is 5.71. The summed E-state index contributed by atoms with van der Waals surface area (Å²) in [5, 5.41) is 15.4. The smallest absolute Gasteiger partial charge is 0.209 e. The Morgan fingerprint density at radius 3 is 2.94 bits per heavy atom. The van der Waals surface area contributed by atoms with Gasteiger partial charge in [0.05, 0.1) is 12.3 Å². The van der Waals surface area contributed by atoms with E-state index in [9.17, 15) is 0 Å². The maximum absolute atomic E-state index is 5.71. The van der Waals surface area contributed by atoms with Crippen LogP contribution >= 0.6 is 11.8 Å². The third-order valence-electron chi connectivity index (χ3n) is 2.37. The maximum Gasteiger partial charge on any atom is 0.209 e. The third-order valence-corrected chi connectivity index (χ3v) is 3.40. The molecule has 0 amide bonds. The van der Waals surface area contributed by atoms with Crippen LogP contribution in [0.15, 0.2) is 21.7 Å². The zero-order valence-corrected chi connectivity index (χ0v) is 11.4. The highest BCUT2D eigenvalue weighted by molar-refractivity contribution is 7.98. The van der Waals surface area contributed by atoms with Crippen molar-refractivity contribution in [2.45, 2.75) is 30.8 Å². The zero-order chi connectivity index (χ0) is 12.8. The largest absolute Gasteiger partial charge is 0.464 e. The average Bonchev–Trinajstić information content (AvgIpc) is 2.96. The molecule has 0 spiro atoms. The summed E-state index contributed by atoms with van der Waals surface area (Å²) in [5.41, 5.74) is 0. The first-order chi connectivity index (χ1) is 8.79. The molecular weight excluding hydrogens is 250 g/mol. The Bertz CT molecular complexity index is 481. The molecule has 18 heavy (non-hydrogen) atoms. The topological polar surface area (TPSA) is 68.8 Å². The number of nitrogens with one attached hydrogen (secondary N) is 1. The van der Waals surface area contributed by atoms with Crippen molar-refractivity contribution in [3.05, 3.63) is 23.7 Å². The van der Waals surface area contributed by atoms with Crippen molar-refractivity contribution in [2.24, 2.45) is 7.05 Å². The van der Waals surface area contributed by atoms with Gasteiger partial charge < -0.3 is 9.73 Å². The van der Waals surface area contributed by atoms with Gasteiger partial charge in [0.1, 0.15) is 11.5 Å². The lowest BCUT2D eigenvalue weighted by Crippen LogP contribution is -2.12. The normalized spacial score (nSPS) is 11.0. The molecule has 7 heteroatoms. The van der Waals surface area contributed by atoms with Crippen LogP contribution < -0.4 is 5.32 Å². The number of aryl methyl sites for hydroxylation is 1. The molecule has 2 aromatic rings. The average molecular weight is 267 g/mol. The minimum absolute atomic E-state index is 0.738. The molecule has 0 aromatic carbocycles. The van der Waals surface area contributed by atoms with Crippen molar-refractivity contribution < 1.29 is 4.42 Å². The summed E-state index contributed by atoms with van der Waals surface area (Å²) < 4.78 is 7.36. The SMILES string of the molecule is CCCNCc1ccc(CSc2nnnn2C)o1. The van der Waals surface area contributed by atoms with Gasteiger partial charge >= 0.3 is 0 Å². The molecule has 6 nitrogen and oxygen atoms in total. The van der Waals surface area contributed by atoms with E-state index < -0.39 is 0 Å². The molecule has 0 fully saturated rings. The summed E-state index contributed by atoms with van der Waals surface area (Å²) >= 11 is 1.56. The van der Waals surface area contributed by atoms with Gasteiger partial charge in [-0.15, -0.1) is 5.10 Å². The van der Waals surface area contributed by atoms with Crippen LogP contribution in [0, 0.1) is 0 Å². The Kier molecular flexibility index (Phi) is 4.77. The van der Waals surface area contributed by atoms with Gasteiger partial charge in [0.25, 0.3) is 0 Å². The fraction of sp³-hybridized carbons (Fsp3) is 0.545. The quantitative estimate of drug-likeness (QED) is 0.607. The molecule has 2 rings (SSSR count). The molecule has 98 valence electrons.